The summed E-state index contributed by atoms with van der Waals surface area (Å²) in [6.07, 6.45) is 0. The Kier molecular flexibility index (Phi) is 3.89. The highest BCUT2D eigenvalue weighted by Crippen LogP contribution is 2.31. The SMILES string of the molecule is Cc1nn(C)c(Cl)c1COc1c(F)cccc1[N+](=O)[O-]. The molecule has 20 heavy (non-hydrogen) atoms. The number of para-hydroxylation sites is 1. The zero-order chi connectivity index (χ0) is 14.9. The second-order valence-electron chi connectivity index (χ2n) is 4.11. The van der Waals surface area contributed by atoms with Gasteiger partial charge in [0.15, 0.2) is 5.82 Å². The fourth-order valence-electron chi connectivity index (χ4n) is 1.77. The smallest absolute Gasteiger partial charge is 0.314 e. The largest absolute Gasteiger partial charge is 0.480 e. The number of halogens is 2. The van der Waals surface area contributed by atoms with Gasteiger partial charge in [-0.2, -0.15) is 5.10 Å². The predicted molar refractivity (Wildman–Crippen MR) is 70.3 cm³/mol. The number of nitrogens with zero attached hydrogens (tertiary/aromatic N) is 3. The van der Waals surface area contributed by atoms with Gasteiger partial charge in [0.25, 0.3) is 0 Å². The predicted octanol–water partition coefficient (Wildman–Crippen LogP) is 3.01. The molecule has 0 spiro atoms. The molecule has 0 aliphatic heterocycles. The highest BCUT2D eigenvalue weighted by atomic mass is 35.5. The molecule has 1 heterocycles. The summed E-state index contributed by atoms with van der Waals surface area (Å²) in [5.41, 5.74) is 0.755. The van der Waals surface area contributed by atoms with E-state index in [4.69, 9.17) is 16.3 Å². The van der Waals surface area contributed by atoms with Crippen LogP contribution in [0, 0.1) is 22.9 Å². The second kappa shape index (κ2) is 5.46. The molecule has 8 heteroatoms. The van der Waals surface area contributed by atoms with Crippen molar-refractivity contribution in [1.82, 2.24) is 9.78 Å². The lowest BCUT2D eigenvalue weighted by molar-refractivity contribution is -0.386. The molecule has 0 saturated heterocycles. The molecule has 0 saturated carbocycles. The Morgan fingerprint density at radius 2 is 2.25 bits per heavy atom. The van der Waals surface area contributed by atoms with Crippen molar-refractivity contribution in [3.63, 3.8) is 0 Å². The fourth-order valence-corrected chi connectivity index (χ4v) is 2.00. The van der Waals surface area contributed by atoms with E-state index in [2.05, 4.69) is 5.10 Å². The molecule has 0 bridgehead atoms. The van der Waals surface area contributed by atoms with Crippen LogP contribution in [0.15, 0.2) is 18.2 Å². The van der Waals surface area contributed by atoms with Crippen molar-refractivity contribution in [2.45, 2.75) is 13.5 Å². The van der Waals surface area contributed by atoms with Crippen LogP contribution in [-0.2, 0) is 13.7 Å². The summed E-state index contributed by atoms with van der Waals surface area (Å²) in [4.78, 5) is 10.1. The maximum atomic E-state index is 13.6. The molecular formula is C12H11ClFN3O3. The van der Waals surface area contributed by atoms with Crippen molar-refractivity contribution in [3.05, 3.63) is 50.5 Å². The maximum absolute atomic E-state index is 13.6. The summed E-state index contributed by atoms with van der Waals surface area (Å²) in [5.74, 6) is -1.20. The van der Waals surface area contributed by atoms with Gasteiger partial charge < -0.3 is 4.74 Å². The Balaban J connectivity index is 2.30. The van der Waals surface area contributed by atoms with Crippen LogP contribution in [0.25, 0.3) is 0 Å². The monoisotopic (exact) mass is 299 g/mol. The van der Waals surface area contributed by atoms with Crippen molar-refractivity contribution in [1.29, 1.82) is 0 Å². The molecular weight excluding hydrogens is 289 g/mol. The number of aryl methyl sites for hydroxylation is 2. The van der Waals surface area contributed by atoms with Crippen LogP contribution in [0.2, 0.25) is 5.15 Å². The minimum absolute atomic E-state index is 0.0969. The first kappa shape index (κ1) is 14.3. The third kappa shape index (κ3) is 2.57. The molecule has 1 aromatic heterocycles. The van der Waals surface area contributed by atoms with Crippen molar-refractivity contribution < 1.29 is 14.1 Å². The molecule has 106 valence electrons. The zero-order valence-corrected chi connectivity index (χ0v) is 11.5. The van der Waals surface area contributed by atoms with Crippen LogP contribution in [0.5, 0.6) is 5.75 Å². The zero-order valence-electron chi connectivity index (χ0n) is 10.8. The lowest BCUT2D eigenvalue weighted by Crippen LogP contribution is -2.02. The number of nitro groups is 1. The number of hydrogen-bond donors (Lipinski definition) is 0. The van der Waals surface area contributed by atoms with Crippen LogP contribution in [-0.4, -0.2) is 14.7 Å². The second-order valence-corrected chi connectivity index (χ2v) is 4.47. The Bertz CT molecular complexity index is 672. The Hall–Kier alpha value is -2.15. The number of aromatic nitrogens is 2. The molecule has 1 aromatic carbocycles. The first-order valence-electron chi connectivity index (χ1n) is 5.65. The van der Waals surface area contributed by atoms with Gasteiger partial charge >= 0.3 is 5.69 Å². The molecule has 0 aliphatic carbocycles. The third-order valence-corrected chi connectivity index (χ3v) is 3.25. The Labute approximate surface area is 118 Å². The van der Waals surface area contributed by atoms with E-state index in [1.54, 1.807) is 14.0 Å². The van der Waals surface area contributed by atoms with Crippen LogP contribution in [0.4, 0.5) is 10.1 Å². The fraction of sp³-hybridized carbons (Fsp3) is 0.250. The number of nitro benzene ring substituents is 1. The summed E-state index contributed by atoms with van der Waals surface area (Å²) in [6, 6.07) is 3.53. The first-order chi connectivity index (χ1) is 9.41. The third-order valence-electron chi connectivity index (χ3n) is 2.77. The van der Waals surface area contributed by atoms with E-state index >= 15 is 0 Å². The molecule has 0 atom stereocenters. The quantitative estimate of drug-likeness (QED) is 0.643. The lowest BCUT2D eigenvalue weighted by atomic mass is 10.2. The number of rotatable bonds is 4. The molecule has 6 nitrogen and oxygen atoms in total. The van der Waals surface area contributed by atoms with E-state index in [9.17, 15) is 14.5 Å². The normalized spacial score (nSPS) is 10.6. The molecule has 0 unspecified atom stereocenters. The van der Waals surface area contributed by atoms with Gasteiger partial charge in [0.1, 0.15) is 11.8 Å². The van der Waals surface area contributed by atoms with Gasteiger partial charge in [-0.25, -0.2) is 4.39 Å². The van der Waals surface area contributed by atoms with Gasteiger partial charge in [0.2, 0.25) is 5.75 Å². The van der Waals surface area contributed by atoms with Crippen molar-refractivity contribution in [2.24, 2.45) is 7.05 Å². The summed E-state index contributed by atoms with van der Waals surface area (Å²) in [7, 11) is 1.66. The summed E-state index contributed by atoms with van der Waals surface area (Å²) < 4.78 is 20.3. The van der Waals surface area contributed by atoms with E-state index in [1.807, 2.05) is 0 Å². The average Bonchev–Trinajstić information content (AvgIpc) is 2.62. The van der Waals surface area contributed by atoms with Gasteiger partial charge in [-0.1, -0.05) is 17.7 Å². The minimum Gasteiger partial charge on any atom is -0.480 e. The number of ether oxygens (including phenoxy) is 1. The van der Waals surface area contributed by atoms with E-state index in [0.717, 1.165) is 6.07 Å². The van der Waals surface area contributed by atoms with Crippen LogP contribution >= 0.6 is 11.6 Å². The number of benzene rings is 1. The topological polar surface area (TPSA) is 70.2 Å². The highest BCUT2D eigenvalue weighted by molar-refractivity contribution is 6.30. The van der Waals surface area contributed by atoms with E-state index in [-0.39, 0.29) is 6.61 Å². The van der Waals surface area contributed by atoms with E-state index in [0.29, 0.717) is 16.4 Å². The Morgan fingerprint density at radius 3 is 2.80 bits per heavy atom. The van der Waals surface area contributed by atoms with Crippen molar-refractivity contribution in [2.75, 3.05) is 0 Å². The van der Waals surface area contributed by atoms with Gasteiger partial charge in [-0.05, 0) is 13.0 Å². The summed E-state index contributed by atoms with van der Waals surface area (Å²) in [5, 5.41) is 15.3. The van der Waals surface area contributed by atoms with Crippen molar-refractivity contribution >= 4 is 17.3 Å². The Morgan fingerprint density at radius 1 is 1.55 bits per heavy atom. The standard InChI is InChI=1S/C12H11ClFN3O3/c1-7-8(12(13)16(2)15-7)6-20-11-9(14)4-3-5-10(11)17(18)19/h3-5H,6H2,1-2H3. The molecule has 2 rings (SSSR count). The van der Waals surface area contributed by atoms with Gasteiger partial charge in [0.05, 0.1) is 10.6 Å². The molecule has 0 aliphatic rings. The van der Waals surface area contributed by atoms with E-state index in [1.165, 1.54) is 16.8 Å². The molecule has 0 radical (unpaired) electrons. The van der Waals surface area contributed by atoms with Crippen LogP contribution in [0.3, 0.4) is 0 Å². The number of hydrogen-bond acceptors (Lipinski definition) is 4. The van der Waals surface area contributed by atoms with Gasteiger partial charge in [-0.3, -0.25) is 14.8 Å². The molecule has 0 N–H and O–H groups in total. The van der Waals surface area contributed by atoms with Crippen LogP contribution < -0.4 is 4.74 Å². The molecule has 0 amide bonds. The first-order valence-corrected chi connectivity index (χ1v) is 6.03. The average molecular weight is 300 g/mol. The summed E-state index contributed by atoms with van der Waals surface area (Å²) in [6.45, 7) is 1.63. The summed E-state index contributed by atoms with van der Waals surface area (Å²) >= 11 is 6.02. The minimum atomic E-state index is -0.795. The van der Waals surface area contributed by atoms with Gasteiger partial charge in [-0.15, -0.1) is 0 Å². The highest BCUT2D eigenvalue weighted by Gasteiger charge is 2.21. The molecule has 2 aromatic rings. The van der Waals surface area contributed by atoms with Crippen molar-refractivity contribution in [3.8, 4) is 5.75 Å². The van der Waals surface area contributed by atoms with Crippen LogP contribution in [0.1, 0.15) is 11.3 Å². The lowest BCUT2D eigenvalue weighted by Gasteiger charge is -2.07. The van der Waals surface area contributed by atoms with Gasteiger partial charge in [0, 0.05) is 18.7 Å². The molecule has 0 fully saturated rings. The van der Waals surface area contributed by atoms with E-state index < -0.39 is 22.2 Å². The maximum Gasteiger partial charge on any atom is 0.314 e.